The van der Waals surface area contributed by atoms with Crippen LogP contribution in [0.4, 0.5) is 0 Å². The number of carboxylic acids is 1. The average Bonchev–Trinajstić information content (AvgIpc) is 2.52. The molecule has 4 nitrogen and oxygen atoms in total. The highest BCUT2D eigenvalue weighted by Gasteiger charge is 2.10. The van der Waals surface area contributed by atoms with Gasteiger partial charge in [-0.1, -0.05) is 18.2 Å². The van der Waals surface area contributed by atoms with Crippen molar-refractivity contribution >= 4 is 11.5 Å². The Kier molecular flexibility index (Phi) is 4.84. The standard InChI is InChI=1S/C18H18O4/c1-12-9-14(7-8-17(12)22-3)16(11-18(19)20)13-5-4-6-15(10-13)21-2/h4-11H,1-3H3,(H,19,20)/b16-11+. The van der Waals surface area contributed by atoms with Gasteiger partial charge in [0.05, 0.1) is 14.2 Å². The molecule has 0 amide bonds. The summed E-state index contributed by atoms with van der Waals surface area (Å²) in [5, 5.41) is 9.17. The lowest BCUT2D eigenvalue weighted by Gasteiger charge is -2.12. The number of benzene rings is 2. The fourth-order valence-corrected chi connectivity index (χ4v) is 2.29. The van der Waals surface area contributed by atoms with E-state index in [2.05, 4.69) is 0 Å². The molecule has 22 heavy (non-hydrogen) atoms. The minimum Gasteiger partial charge on any atom is -0.497 e. The monoisotopic (exact) mass is 298 g/mol. The van der Waals surface area contributed by atoms with Gasteiger partial charge in [-0.25, -0.2) is 4.79 Å². The van der Waals surface area contributed by atoms with Crippen LogP contribution in [0.3, 0.4) is 0 Å². The van der Waals surface area contributed by atoms with Crippen molar-refractivity contribution in [3.8, 4) is 11.5 Å². The number of carbonyl (C=O) groups is 1. The van der Waals surface area contributed by atoms with E-state index in [1.165, 1.54) is 6.08 Å². The van der Waals surface area contributed by atoms with Crippen LogP contribution in [-0.2, 0) is 4.79 Å². The zero-order valence-electron chi connectivity index (χ0n) is 12.8. The molecule has 0 saturated heterocycles. The number of carboxylic acid groups (broad SMARTS) is 1. The third-order valence-electron chi connectivity index (χ3n) is 3.35. The summed E-state index contributed by atoms with van der Waals surface area (Å²) in [6, 6.07) is 12.9. The Bertz CT molecular complexity index is 717. The van der Waals surface area contributed by atoms with Crippen LogP contribution in [0.15, 0.2) is 48.5 Å². The van der Waals surface area contributed by atoms with Crippen molar-refractivity contribution in [3.05, 3.63) is 65.2 Å². The summed E-state index contributed by atoms with van der Waals surface area (Å²) in [6.07, 6.45) is 1.20. The first kappa shape index (κ1) is 15.6. The molecule has 2 rings (SSSR count). The summed E-state index contributed by atoms with van der Waals surface area (Å²) in [4.78, 5) is 11.2. The van der Waals surface area contributed by atoms with Crippen molar-refractivity contribution in [3.63, 3.8) is 0 Å². The zero-order chi connectivity index (χ0) is 16.1. The maximum absolute atomic E-state index is 11.2. The molecule has 2 aromatic rings. The molecule has 0 radical (unpaired) electrons. The van der Waals surface area contributed by atoms with Crippen LogP contribution >= 0.6 is 0 Å². The maximum Gasteiger partial charge on any atom is 0.328 e. The Balaban J connectivity index is 2.56. The van der Waals surface area contributed by atoms with E-state index in [0.29, 0.717) is 11.3 Å². The van der Waals surface area contributed by atoms with Gasteiger partial charge in [0.25, 0.3) is 0 Å². The van der Waals surface area contributed by atoms with Crippen LogP contribution in [0.1, 0.15) is 16.7 Å². The molecule has 4 heteroatoms. The van der Waals surface area contributed by atoms with Crippen molar-refractivity contribution in [2.24, 2.45) is 0 Å². The number of methoxy groups -OCH3 is 2. The van der Waals surface area contributed by atoms with Crippen LogP contribution in [-0.4, -0.2) is 25.3 Å². The lowest BCUT2D eigenvalue weighted by molar-refractivity contribution is -0.131. The predicted molar refractivity (Wildman–Crippen MR) is 85.4 cm³/mol. The van der Waals surface area contributed by atoms with Crippen molar-refractivity contribution < 1.29 is 19.4 Å². The van der Waals surface area contributed by atoms with Crippen LogP contribution < -0.4 is 9.47 Å². The quantitative estimate of drug-likeness (QED) is 0.858. The van der Waals surface area contributed by atoms with Gasteiger partial charge in [-0.05, 0) is 53.5 Å². The molecular weight excluding hydrogens is 280 g/mol. The van der Waals surface area contributed by atoms with Gasteiger partial charge in [0.2, 0.25) is 0 Å². The van der Waals surface area contributed by atoms with Gasteiger partial charge in [-0.3, -0.25) is 0 Å². The molecule has 0 aliphatic heterocycles. The Hall–Kier alpha value is -2.75. The third kappa shape index (κ3) is 3.47. The van der Waals surface area contributed by atoms with E-state index < -0.39 is 5.97 Å². The lowest BCUT2D eigenvalue weighted by Crippen LogP contribution is -1.97. The molecule has 0 fully saturated rings. The van der Waals surface area contributed by atoms with Gasteiger partial charge in [0.1, 0.15) is 11.5 Å². The van der Waals surface area contributed by atoms with Gasteiger partial charge >= 0.3 is 5.97 Å². The van der Waals surface area contributed by atoms with E-state index in [-0.39, 0.29) is 0 Å². The molecule has 0 atom stereocenters. The molecule has 0 aliphatic carbocycles. The van der Waals surface area contributed by atoms with E-state index in [1.807, 2.05) is 49.4 Å². The van der Waals surface area contributed by atoms with Crippen LogP contribution in [0.2, 0.25) is 0 Å². The topological polar surface area (TPSA) is 55.8 Å². The molecule has 0 saturated carbocycles. The normalized spacial score (nSPS) is 11.1. The van der Waals surface area contributed by atoms with E-state index in [0.717, 1.165) is 22.4 Å². The maximum atomic E-state index is 11.2. The SMILES string of the molecule is COc1cccc(/C(=C\C(=O)O)c2ccc(OC)c(C)c2)c1. The first-order chi connectivity index (χ1) is 10.5. The largest absolute Gasteiger partial charge is 0.497 e. The molecule has 0 heterocycles. The average molecular weight is 298 g/mol. The molecule has 1 N–H and O–H groups in total. The van der Waals surface area contributed by atoms with Gasteiger partial charge in [-0.15, -0.1) is 0 Å². The highest BCUT2D eigenvalue weighted by molar-refractivity contribution is 5.95. The smallest absolute Gasteiger partial charge is 0.328 e. The Morgan fingerprint density at radius 2 is 1.77 bits per heavy atom. The summed E-state index contributed by atoms with van der Waals surface area (Å²) in [5.41, 5.74) is 3.16. The molecule has 0 bridgehead atoms. The summed E-state index contributed by atoms with van der Waals surface area (Å²) < 4.78 is 10.5. The van der Waals surface area contributed by atoms with Crippen molar-refractivity contribution in [2.45, 2.75) is 6.92 Å². The Labute approximate surface area is 129 Å². The molecule has 0 spiro atoms. The second kappa shape index (κ2) is 6.80. The number of aliphatic carboxylic acids is 1. The van der Waals surface area contributed by atoms with Crippen molar-refractivity contribution in [1.29, 1.82) is 0 Å². The van der Waals surface area contributed by atoms with Gasteiger partial charge < -0.3 is 14.6 Å². The lowest BCUT2D eigenvalue weighted by atomic mass is 9.96. The first-order valence-corrected chi connectivity index (χ1v) is 6.79. The summed E-state index contributed by atoms with van der Waals surface area (Å²) in [7, 11) is 3.19. The third-order valence-corrected chi connectivity index (χ3v) is 3.35. The van der Waals surface area contributed by atoms with Crippen LogP contribution in [0.25, 0.3) is 5.57 Å². The van der Waals surface area contributed by atoms with E-state index in [4.69, 9.17) is 9.47 Å². The summed E-state index contributed by atoms with van der Waals surface area (Å²) >= 11 is 0. The van der Waals surface area contributed by atoms with Crippen molar-refractivity contribution in [2.75, 3.05) is 14.2 Å². The number of aryl methyl sites for hydroxylation is 1. The van der Waals surface area contributed by atoms with Gasteiger partial charge in [0.15, 0.2) is 0 Å². The van der Waals surface area contributed by atoms with Gasteiger partial charge in [0, 0.05) is 6.08 Å². The zero-order valence-corrected chi connectivity index (χ0v) is 12.8. The number of ether oxygens (including phenoxy) is 2. The highest BCUT2D eigenvalue weighted by Crippen LogP contribution is 2.29. The molecule has 2 aromatic carbocycles. The molecule has 0 aliphatic rings. The highest BCUT2D eigenvalue weighted by atomic mass is 16.5. The Morgan fingerprint density at radius 3 is 2.36 bits per heavy atom. The minimum atomic E-state index is -0.994. The Morgan fingerprint density at radius 1 is 1.05 bits per heavy atom. The number of rotatable bonds is 5. The molecular formula is C18H18O4. The van der Waals surface area contributed by atoms with Crippen LogP contribution in [0.5, 0.6) is 11.5 Å². The van der Waals surface area contributed by atoms with E-state index in [9.17, 15) is 9.90 Å². The first-order valence-electron chi connectivity index (χ1n) is 6.79. The van der Waals surface area contributed by atoms with E-state index >= 15 is 0 Å². The second-order valence-corrected chi connectivity index (χ2v) is 4.81. The second-order valence-electron chi connectivity index (χ2n) is 4.81. The predicted octanol–water partition coefficient (Wildman–Crippen LogP) is 3.53. The van der Waals surface area contributed by atoms with Crippen molar-refractivity contribution in [1.82, 2.24) is 0 Å². The van der Waals surface area contributed by atoms with E-state index in [1.54, 1.807) is 14.2 Å². The minimum absolute atomic E-state index is 0.622. The summed E-state index contributed by atoms with van der Waals surface area (Å²) in [6.45, 7) is 1.92. The fourth-order valence-electron chi connectivity index (χ4n) is 2.29. The van der Waals surface area contributed by atoms with Crippen LogP contribution in [0, 0.1) is 6.92 Å². The number of hydrogen-bond donors (Lipinski definition) is 1. The molecule has 114 valence electrons. The van der Waals surface area contributed by atoms with Gasteiger partial charge in [-0.2, -0.15) is 0 Å². The fraction of sp³-hybridized carbons (Fsp3) is 0.167. The number of hydrogen-bond acceptors (Lipinski definition) is 3. The molecule has 0 unspecified atom stereocenters. The summed E-state index contributed by atoms with van der Waals surface area (Å²) in [5.74, 6) is 0.453. The molecule has 0 aromatic heterocycles.